The third-order valence-electron chi connectivity index (χ3n) is 4.78. The number of benzene rings is 1. The molecule has 1 fully saturated rings. The SMILES string of the molecule is CCCNC(c1ccc2c(c1)CCO2)C1(OC)CCC1. The van der Waals surface area contributed by atoms with Crippen molar-refractivity contribution in [2.75, 3.05) is 20.3 Å². The highest BCUT2D eigenvalue weighted by Crippen LogP contribution is 2.45. The molecule has 0 radical (unpaired) electrons. The molecular formula is C17H25NO2. The van der Waals surface area contributed by atoms with Crippen molar-refractivity contribution >= 4 is 0 Å². The first-order valence-electron chi connectivity index (χ1n) is 7.83. The smallest absolute Gasteiger partial charge is 0.122 e. The summed E-state index contributed by atoms with van der Waals surface area (Å²) in [6, 6.07) is 6.94. The van der Waals surface area contributed by atoms with Gasteiger partial charge in [-0.05, 0) is 49.4 Å². The highest BCUT2D eigenvalue weighted by Gasteiger charge is 2.45. The van der Waals surface area contributed by atoms with E-state index in [0.717, 1.165) is 44.6 Å². The number of hydrogen-bond donors (Lipinski definition) is 1. The van der Waals surface area contributed by atoms with E-state index in [1.807, 2.05) is 7.11 Å². The van der Waals surface area contributed by atoms with Crippen LogP contribution in [0.25, 0.3) is 0 Å². The molecule has 3 rings (SSSR count). The largest absolute Gasteiger partial charge is 0.493 e. The Morgan fingerprint density at radius 2 is 2.25 bits per heavy atom. The molecule has 1 aromatic carbocycles. The molecule has 2 aliphatic rings. The molecule has 1 heterocycles. The van der Waals surface area contributed by atoms with Gasteiger partial charge in [-0.15, -0.1) is 0 Å². The maximum atomic E-state index is 5.91. The number of nitrogens with one attached hydrogen (secondary N) is 1. The Hall–Kier alpha value is -1.06. The first kappa shape index (κ1) is 13.9. The van der Waals surface area contributed by atoms with Gasteiger partial charge in [-0.3, -0.25) is 0 Å². The van der Waals surface area contributed by atoms with E-state index < -0.39 is 0 Å². The lowest BCUT2D eigenvalue weighted by atomic mass is 9.72. The van der Waals surface area contributed by atoms with Gasteiger partial charge in [0.2, 0.25) is 0 Å². The number of ether oxygens (including phenoxy) is 2. The quantitative estimate of drug-likeness (QED) is 0.864. The molecule has 3 heteroatoms. The average molecular weight is 275 g/mol. The summed E-state index contributed by atoms with van der Waals surface area (Å²) in [7, 11) is 1.86. The van der Waals surface area contributed by atoms with Gasteiger partial charge in [0, 0.05) is 13.5 Å². The Balaban J connectivity index is 1.88. The molecule has 1 aromatic rings. The average Bonchev–Trinajstić information content (AvgIpc) is 2.89. The van der Waals surface area contributed by atoms with E-state index >= 15 is 0 Å². The fourth-order valence-corrected chi connectivity index (χ4v) is 3.42. The summed E-state index contributed by atoms with van der Waals surface area (Å²) in [4.78, 5) is 0. The van der Waals surface area contributed by atoms with Gasteiger partial charge in [-0.2, -0.15) is 0 Å². The molecule has 20 heavy (non-hydrogen) atoms. The van der Waals surface area contributed by atoms with Crippen molar-refractivity contribution in [1.29, 1.82) is 0 Å². The lowest BCUT2D eigenvalue weighted by Gasteiger charge is -2.47. The van der Waals surface area contributed by atoms with Crippen molar-refractivity contribution in [1.82, 2.24) is 5.32 Å². The predicted octanol–water partition coefficient (Wildman–Crippen LogP) is 3.23. The van der Waals surface area contributed by atoms with Crippen LogP contribution in [0.1, 0.15) is 49.8 Å². The first-order chi connectivity index (χ1) is 9.79. The lowest BCUT2D eigenvalue weighted by molar-refractivity contribution is -0.0997. The number of hydrogen-bond acceptors (Lipinski definition) is 3. The van der Waals surface area contributed by atoms with Gasteiger partial charge in [0.15, 0.2) is 0 Å². The van der Waals surface area contributed by atoms with Crippen molar-refractivity contribution in [2.24, 2.45) is 0 Å². The predicted molar refractivity (Wildman–Crippen MR) is 80.3 cm³/mol. The summed E-state index contributed by atoms with van der Waals surface area (Å²) in [5, 5.41) is 3.70. The van der Waals surface area contributed by atoms with Crippen LogP contribution >= 0.6 is 0 Å². The monoisotopic (exact) mass is 275 g/mol. The molecule has 1 atom stereocenters. The topological polar surface area (TPSA) is 30.5 Å². The van der Waals surface area contributed by atoms with Gasteiger partial charge in [0.25, 0.3) is 0 Å². The van der Waals surface area contributed by atoms with Gasteiger partial charge in [0.05, 0.1) is 18.2 Å². The normalized spacial score (nSPS) is 20.9. The standard InChI is InChI=1S/C17H25NO2/c1-3-10-18-16(17(19-2)8-4-9-17)14-5-6-15-13(12-14)7-11-20-15/h5-6,12,16,18H,3-4,7-11H2,1-2H3. The molecule has 0 bridgehead atoms. The molecule has 0 aromatic heterocycles. The third-order valence-corrected chi connectivity index (χ3v) is 4.78. The maximum Gasteiger partial charge on any atom is 0.122 e. The van der Waals surface area contributed by atoms with Crippen LogP contribution in [0.5, 0.6) is 5.75 Å². The van der Waals surface area contributed by atoms with E-state index in [0.29, 0.717) is 6.04 Å². The Kier molecular flexibility index (Phi) is 3.99. The lowest BCUT2D eigenvalue weighted by Crippen LogP contribution is -2.50. The highest BCUT2D eigenvalue weighted by molar-refractivity contribution is 5.41. The van der Waals surface area contributed by atoms with Crippen LogP contribution in [0.4, 0.5) is 0 Å². The third kappa shape index (κ3) is 2.33. The minimum absolute atomic E-state index is 0.0110. The molecule has 1 aliphatic carbocycles. The molecule has 1 unspecified atom stereocenters. The van der Waals surface area contributed by atoms with Crippen molar-refractivity contribution in [3.63, 3.8) is 0 Å². The van der Waals surface area contributed by atoms with Crippen LogP contribution in [0.15, 0.2) is 18.2 Å². The van der Waals surface area contributed by atoms with Crippen LogP contribution in [-0.4, -0.2) is 25.9 Å². The van der Waals surface area contributed by atoms with E-state index in [2.05, 4.69) is 30.4 Å². The summed E-state index contributed by atoms with van der Waals surface area (Å²) in [5.74, 6) is 1.06. The van der Waals surface area contributed by atoms with Crippen molar-refractivity contribution in [2.45, 2.75) is 50.7 Å². The second-order valence-electron chi connectivity index (χ2n) is 5.98. The van der Waals surface area contributed by atoms with Crippen LogP contribution < -0.4 is 10.1 Å². The van der Waals surface area contributed by atoms with Crippen LogP contribution in [0, 0.1) is 0 Å². The minimum Gasteiger partial charge on any atom is -0.493 e. The van der Waals surface area contributed by atoms with E-state index in [9.17, 15) is 0 Å². The second-order valence-corrected chi connectivity index (χ2v) is 5.98. The fourth-order valence-electron chi connectivity index (χ4n) is 3.42. The number of fused-ring (bicyclic) bond motifs is 1. The highest BCUT2D eigenvalue weighted by atomic mass is 16.5. The second kappa shape index (κ2) is 5.74. The molecule has 0 spiro atoms. The number of rotatable bonds is 6. The summed E-state index contributed by atoms with van der Waals surface area (Å²) < 4.78 is 11.5. The van der Waals surface area contributed by atoms with E-state index in [-0.39, 0.29) is 5.60 Å². The summed E-state index contributed by atoms with van der Waals surface area (Å²) in [5.41, 5.74) is 2.68. The number of methoxy groups -OCH3 is 1. The Morgan fingerprint density at radius 1 is 1.40 bits per heavy atom. The maximum absolute atomic E-state index is 5.91. The van der Waals surface area contributed by atoms with E-state index in [1.54, 1.807) is 0 Å². The summed E-state index contributed by atoms with van der Waals surface area (Å²) in [6.07, 6.45) is 5.75. The molecule has 1 N–H and O–H groups in total. The molecule has 0 saturated heterocycles. The summed E-state index contributed by atoms with van der Waals surface area (Å²) >= 11 is 0. The Labute approximate surface area is 121 Å². The molecule has 1 aliphatic heterocycles. The van der Waals surface area contributed by atoms with E-state index in [1.165, 1.54) is 17.5 Å². The van der Waals surface area contributed by atoms with Crippen LogP contribution in [0.3, 0.4) is 0 Å². The van der Waals surface area contributed by atoms with Crippen molar-refractivity contribution < 1.29 is 9.47 Å². The minimum atomic E-state index is -0.0110. The molecular weight excluding hydrogens is 250 g/mol. The van der Waals surface area contributed by atoms with E-state index in [4.69, 9.17) is 9.47 Å². The molecule has 110 valence electrons. The zero-order valence-electron chi connectivity index (χ0n) is 12.6. The van der Waals surface area contributed by atoms with Gasteiger partial charge >= 0.3 is 0 Å². The van der Waals surface area contributed by atoms with Crippen molar-refractivity contribution in [3.8, 4) is 5.75 Å². The van der Waals surface area contributed by atoms with Gasteiger partial charge < -0.3 is 14.8 Å². The van der Waals surface area contributed by atoms with Crippen molar-refractivity contribution in [3.05, 3.63) is 29.3 Å². The van der Waals surface area contributed by atoms with Crippen LogP contribution in [0.2, 0.25) is 0 Å². The van der Waals surface area contributed by atoms with Gasteiger partial charge in [0.1, 0.15) is 5.75 Å². The fraction of sp³-hybridized carbons (Fsp3) is 0.647. The molecule has 1 saturated carbocycles. The van der Waals surface area contributed by atoms with Crippen LogP contribution in [-0.2, 0) is 11.2 Å². The zero-order chi connectivity index (χ0) is 14.0. The first-order valence-corrected chi connectivity index (χ1v) is 7.83. The van der Waals surface area contributed by atoms with Gasteiger partial charge in [-0.25, -0.2) is 0 Å². The zero-order valence-corrected chi connectivity index (χ0v) is 12.6. The molecule has 0 amide bonds. The Bertz CT molecular complexity index is 463. The van der Waals surface area contributed by atoms with Gasteiger partial charge in [-0.1, -0.05) is 19.1 Å². The summed E-state index contributed by atoms with van der Waals surface area (Å²) in [6.45, 7) is 4.06. The molecule has 3 nitrogen and oxygen atoms in total. The Morgan fingerprint density at radius 3 is 2.90 bits per heavy atom.